The van der Waals surface area contributed by atoms with E-state index in [1.807, 2.05) is 0 Å². The van der Waals surface area contributed by atoms with Crippen molar-refractivity contribution < 1.29 is 5.11 Å². The van der Waals surface area contributed by atoms with E-state index in [-0.39, 0.29) is 11.7 Å². The molecule has 2 rings (SSSR count). The van der Waals surface area contributed by atoms with Crippen molar-refractivity contribution in [3.05, 3.63) is 26.6 Å². The van der Waals surface area contributed by atoms with Gasteiger partial charge in [0.15, 0.2) is 0 Å². The van der Waals surface area contributed by atoms with Gasteiger partial charge in [0.25, 0.3) is 5.95 Å². The predicted molar refractivity (Wildman–Crippen MR) is 68.7 cm³/mol. The van der Waals surface area contributed by atoms with Crippen LogP contribution in [0.15, 0.2) is 26.2 Å². The van der Waals surface area contributed by atoms with Crippen LogP contribution in [-0.4, -0.2) is 31.6 Å². The first-order valence-electron chi connectivity index (χ1n) is 4.34. The van der Waals surface area contributed by atoms with Crippen LogP contribution in [-0.2, 0) is 0 Å². The zero-order valence-electron chi connectivity index (χ0n) is 8.25. The summed E-state index contributed by atoms with van der Waals surface area (Å²) in [7, 11) is 0. The minimum atomic E-state index is 0.0646. The van der Waals surface area contributed by atoms with Crippen molar-refractivity contribution in [3.63, 3.8) is 0 Å². The summed E-state index contributed by atoms with van der Waals surface area (Å²) in [6.45, 7) is 0. The number of phenols is 1. The fourth-order valence-corrected chi connectivity index (χ4v) is 2.33. The highest BCUT2D eigenvalue weighted by atomic mass is 79.9. The second-order valence-corrected chi connectivity index (χ2v) is 4.77. The number of nitrogens with zero attached hydrogens (tertiary/aromatic N) is 5. The van der Waals surface area contributed by atoms with Crippen molar-refractivity contribution in [2.75, 3.05) is 5.73 Å². The Bertz CT molecular complexity index is 581. The van der Waals surface area contributed by atoms with E-state index < -0.39 is 0 Å². The summed E-state index contributed by atoms with van der Waals surface area (Å²) in [5.74, 6) is 0.137. The molecule has 0 aliphatic heterocycles. The third-order valence-corrected chi connectivity index (χ3v) is 2.90. The monoisotopic (exact) mass is 360 g/mol. The molecule has 9 heteroatoms. The Morgan fingerprint density at radius 2 is 2.18 bits per heavy atom. The van der Waals surface area contributed by atoms with Crippen molar-refractivity contribution in [2.24, 2.45) is 5.10 Å². The molecular formula is C8H6Br2N6O. The van der Waals surface area contributed by atoms with Gasteiger partial charge >= 0.3 is 0 Å². The third-order valence-electron chi connectivity index (χ3n) is 1.84. The smallest absolute Gasteiger partial charge is 0.263 e. The molecule has 3 N–H and O–H groups in total. The van der Waals surface area contributed by atoms with Crippen molar-refractivity contribution >= 4 is 44.0 Å². The van der Waals surface area contributed by atoms with Crippen LogP contribution < -0.4 is 5.73 Å². The van der Waals surface area contributed by atoms with Gasteiger partial charge in [-0.25, -0.2) is 0 Å². The van der Waals surface area contributed by atoms with Gasteiger partial charge in [-0.05, 0) is 38.5 Å². The highest BCUT2D eigenvalue weighted by Crippen LogP contribution is 2.30. The van der Waals surface area contributed by atoms with E-state index in [0.29, 0.717) is 10.0 Å². The summed E-state index contributed by atoms with van der Waals surface area (Å²) in [6, 6.07) is 3.42. The molecule has 0 radical (unpaired) electrons. The number of benzene rings is 1. The average molecular weight is 362 g/mol. The minimum Gasteiger partial charge on any atom is -0.506 e. The van der Waals surface area contributed by atoms with E-state index in [0.717, 1.165) is 9.26 Å². The fraction of sp³-hybridized carbons (Fsp3) is 0. The van der Waals surface area contributed by atoms with Crippen LogP contribution in [0.1, 0.15) is 5.56 Å². The Hall–Kier alpha value is -1.48. The molecule has 0 saturated heterocycles. The first kappa shape index (κ1) is 12.0. The maximum Gasteiger partial charge on any atom is 0.263 e. The zero-order chi connectivity index (χ0) is 12.4. The molecule has 0 bridgehead atoms. The summed E-state index contributed by atoms with van der Waals surface area (Å²) in [6.07, 6.45) is 1.40. The van der Waals surface area contributed by atoms with Gasteiger partial charge in [-0.1, -0.05) is 25.8 Å². The third kappa shape index (κ3) is 2.61. The van der Waals surface area contributed by atoms with Crippen molar-refractivity contribution in [1.82, 2.24) is 20.3 Å². The summed E-state index contributed by atoms with van der Waals surface area (Å²) in [5, 5.41) is 24.0. The van der Waals surface area contributed by atoms with E-state index in [1.54, 1.807) is 12.1 Å². The fourth-order valence-electron chi connectivity index (χ4n) is 1.07. The van der Waals surface area contributed by atoms with Gasteiger partial charge in [0.1, 0.15) is 5.75 Å². The Morgan fingerprint density at radius 1 is 1.41 bits per heavy atom. The molecule has 2 aromatic rings. The summed E-state index contributed by atoms with van der Waals surface area (Å²) < 4.78 is 1.35. The molecule has 0 fully saturated rings. The van der Waals surface area contributed by atoms with Gasteiger partial charge in [0, 0.05) is 10.0 Å². The molecule has 1 heterocycles. The van der Waals surface area contributed by atoms with Gasteiger partial charge in [-0.2, -0.15) is 5.10 Å². The van der Waals surface area contributed by atoms with Crippen molar-refractivity contribution in [2.45, 2.75) is 0 Å². The van der Waals surface area contributed by atoms with Crippen LogP contribution >= 0.6 is 31.9 Å². The van der Waals surface area contributed by atoms with E-state index >= 15 is 0 Å². The maximum atomic E-state index is 9.77. The number of hydrogen-bond donors (Lipinski definition) is 2. The second kappa shape index (κ2) is 4.80. The predicted octanol–water partition coefficient (Wildman–Crippen LogP) is 1.37. The molecule has 0 atom stereocenters. The molecule has 0 amide bonds. The minimum absolute atomic E-state index is 0.0646. The van der Waals surface area contributed by atoms with E-state index in [1.165, 1.54) is 6.21 Å². The topological polar surface area (TPSA) is 102 Å². The zero-order valence-corrected chi connectivity index (χ0v) is 11.4. The van der Waals surface area contributed by atoms with Crippen molar-refractivity contribution in [1.29, 1.82) is 0 Å². The standard InChI is InChI=1S/C8H6Br2N6O/c9-5-1-4(7(17)6(10)2-5)3-12-16-8(11)13-14-15-16/h1-3,17H,(H2,11,13,15)/b12-3+. The highest BCUT2D eigenvalue weighted by molar-refractivity contribution is 9.11. The summed E-state index contributed by atoms with van der Waals surface area (Å²) >= 11 is 6.52. The number of halogens is 2. The number of tetrazole rings is 1. The van der Waals surface area contributed by atoms with Gasteiger partial charge in [0.05, 0.1) is 10.7 Å². The maximum absolute atomic E-state index is 9.77. The molecule has 0 saturated carbocycles. The highest BCUT2D eigenvalue weighted by Gasteiger charge is 2.06. The number of phenolic OH excluding ortho intramolecular Hbond substituents is 1. The molecular weight excluding hydrogens is 356 g/mol. The number of nitrogens with two attached hydrogens (primary N) is 1. The molecule has 0 spiro atoms. The first-order valence-corrected chi connectivity index (χ1v) is 5.93. The number of hydrogen-bond acceptors (Lipinski definition) is 6. The lowest BCUT2D eigenvalue weighted by atomic mass is 10.2. The van der Waals surface area contributed by atoms with E-state index in [4.69, 9.17) is 5.73 Å². The van der Waals surface area contributed by atoms with Crippen molar-refractivity contribution in [3.8, 4) is 5.75 Å². The lowest BCUT2D eigenvalue weighted by molar-refractivity contribution is 0.471. The van der Waals surface area contributed by atoms with Gasteiger partial charge < -0.3 is 10.8 Å². The lowest BCUT2D eigenvalue weighted by Crippen LogP contribution is -1.99. The lowest BCUT2D eigenvalue weighted by Gasteiger charge is -2.02. The number of aromatic nitrogens is 4. The van der Waals surface area contributed by atoms with Crippen LogP contribution in [0.4, 0.5) is 5.95 Å². The first-order chi connectivity index (χ1) is 8.08. The molecule has 7 nitrogen and oxygen atoms in total. The number of rotatable bonds is 2. The molecule has 0 aliphatic carbocycles. The average Bonchev–Trinajstić information content (AvgIpc) is 2.67. The van der Waals surface area contributed by atoms with Crippen LogP contribution in [0, 0.1) is 0 Å². The molecule has 88 valence electrons. The normalized spacial score (nSPS) is 11.2. The molecule has 0 aliphatic rings. The number of anilines is 1. The largest absolute Gasteiger partial charge is 0.506 e. The van der Waals surface area contributed by atoms with E-state index in [9.17, 15) is 5.11 Å². The van der Waals surface area contributed by atoms with Gasteiger partial charge in [-0.15, -0.1) is 0 Å². The van der Waals surface area contributed by atoms with Gasteiger partial charge in [0.2, 0.25) is 0 Å². The van der Waals surface area contributed by atoms with Gasteiger partial charge in [-0.3, -0.25) is 0 Å². The molecule has 1 aromatic heterocycles. The number of aromatic hydroxyl groups is 1. The van der Waals surface area contributed by atoms with Crippen LogP contribution in [0.5, 0.6) is 5.75 Å². The Kier molecular flexibility index (Phi) is 3.38. The summed E-state index contributed by atoms with van der Waals surface area (Å²) in [4.78, 5) is 1.05. The summed E-state index contributed by atoms with van der Waals surface area (Å²) in [5.41, 5.74) is 5.94. The van der Waals surface area contributed by atoms with Crippen LogP contribution in [0.25, 0.3) is 0 Å². The van der Waals surface area contributed by atoms with E-state index in [2.05, 4.69) is 52.5 Å². The molecule has 17 heavy (non-hydrogen) atoms. The molecule has 0 unspecified atom stereocenters. The quantitative estimate of drug-likeness (QED) is 0.786. The SMILES string of the molecule is Nc1nnnn1/N=C/c1cc(Br)cc(Br)c1O. The van der Waals surface area contributed by atoms with Crippen LogP contribution in [0.3, 0.4) is 0 Å². The Labute approximate surface area is 113 Å². The Balaban J connectivity index is 2.37. The second-order valence-electron chi connectivity index (χ2n) is 3.00. The number of nitrogen functional groups attached to an aromatic ring is 1. The Morgan fingerprint density at radius 3 is 2.82 bits per heavy atom. The molecule has 1 aromatic carbocycles. The van der Waals surface area contributed by atoms with Crippen LogP contribution in [0.2, 0.25) is 0 Å².